The summed E-state index contributed by atoms with van der Waals surface area (Å²) in [6.45, 7) is 4.52. The largest absolute Gasteiger partial charge is 0.456 e. The number of para-hydroxylation sites is 2. The number of furan rings is 1. The van der Waals surface area contributed by atoms with Crippen molar-refractivity contribution >= 4 is 43.7 Å². The molecule has 2 aromatic heterocycles. The standard InChI is InChI=1S/C22H19NO/c1-13(2)14-8-6-9-15-16-11-12-19-20(22(16)23(3)21(14)15)17-7-4-5-10-18(17)24-19/h4-13H,1-3H3. The van der Waals surface area contributed by atoms with Gasteiger partial charge in [0.1, 0.15) is 11.2 Å². The third-order valence-corrected chi connectivity index (χ3v) is 5.17. The van der Waals surface area contributed by atoms with Crippen molar-refractivity contribution in [3.63, 3.8) is 0 Å². The molecule has 0 saturated carbocycles. The van der Waals surface area contributed by atoms with Crippen molar-refractivity contribution in [3.05, 3.63) is 60.2 Å². The van der Waals surface area contributed by atoms with Crippen LogP contribution in [0.2, 0.25) is 0 Å². The topological polar surface area (TPSA) is 18.1 Å². The zero-order valence-corrected chi connectivity index (χ0v) is 14.1. The third kappa shape index (κ3) is 1.60. The number of rotatable bonds is 1. The number of nitrogens with zero attached hydrogens (tertiary/aromatic N) is 1. The molecule has 0 saturated heterocycles. The van der Waals surface area contributed by atoms with Crippen LogP contribution < -0.4 is 0 Å². The number of fused-ring (bicyclic) bond motifs is 7. The molecule has 0 aliphatic rings. The second-order valence-electron chi connectivity index (χ2n) is 6.89. The number of aromatic nitrogens is 1. The monoisotopic (exact) mass is 313 g/mol. The van der Waals surface area contributed by atoms with E-state index in [1.807, 2.05) is 12.1 Å². The molecule has 0 aliphatic carbocycles. The van der Waals surface area contributed by atoms with Crippen LogP contribution >= 0.6 is 0 Å². The molecule has 0 atom stereocenters. The molecule has 2 heteroatoms. The summed E-state index contributed by atoms with van der Waals surface area (Å²) in [5.41, 5.74) is 5.91. The smallest absolute Gasteiger partial charge is 0.137 e. The maximum Gasteiger partial charge on any atom is 0.137 e. The van der Waals surface area contributed by atoms with Gasteiger partial charge in [-0.15, -0.1) is 0 Å². The Morgan fingerprint density at radius 1 is 0.750 bits per heavy atom. The van der Waals surface area contributed by atoms with Gasteiger partial charge < -0.3 is 8.98 Å². The van der Waals surface area contributed by atoms with Crippen LogP contribution in [0.5, 0.6) is 0 Å². The summed E-state index contributed by atoms with van der Waals surface area (Å²) in [7, 11) is 2.18. The molecule has 0 spiro atoms. The molecule has 0 radical (unpaired) electrons. The molecule has 0 N–H and O–H groups in total. The van der Waals surface area contributed by atoms with Gasteiger partial charge in [-0.05, 0) is 29.7 Å². The van der Waals surface area contributed by atoms with Crippen molar-refractivity contribution in [3.8, 4) is 0 Å². The Balaban J connectivity index is 2.11. The van der Waals surface area contributed by atoms with Gasteiger partial charge in [-0.25, -0.2) is 0 Å². The van der Waals surface area contributed by atoms with E-state index in [1.54, 1.807) is 0 Å². The van der Waals surface area contributed by atoms with Crippen LogP contribution in [-0.4, -0.2) is 4.57 Å². The molecule has 5 rings (SSSR count). The lowest BCUT2D eigenvalue weighted by atomic mass is 10.00. The fourth-order valence-corrected chi connectivity index (χ4v) is 4.10. The van der Waals surface area contributed by atoms with E-state index in [9.17, 15) is 0 Å². The second kappa shape index (κ2) is 4.64. The van der Waals surface area contributed by atoms with E-state index in [0.29, 0.717) is 5.92 Å². The van der Waals surface area contributed by atoms with Gasteiger partial charge in [0.15, 0.2) is 0 Å². The quantitative estimate of drug-likeness (QED) is 0.352. The van der Waals surface area contributed by atoms with Crippen LogP contribution in [0.4, 0.5) is 0 Å². The number of benzene rings is 3. The Kier molecular flexibility index (Phi) is 2.64. The number of aryl methyl sites for hydroxylation is 1. The highest BCUT2D eigenvalue weighted by molar-refractivity contribution is 6.24. The lowest BCUT2D eigenvalue weighted by molar-refractivity contribution is 0.669. The van der Waals surface area contributed by atoms with Gasteiger partial charge in [-0.2, -0.15) is 0 Å². The minimum absolute atomic E-state index is 0.494. The lowest BCUT2D eigenvalue weighted by Crippen LogP contribution is -1.94. The summed E-state index contributed by atoms with van der Waals surface area (Å²) in [6, 6.07) is 19.3. The van der Waals surface area contributed by atoms with Crippen molar-refractivity contribution < 1.29 is 4.42 Å². The van der Waals surface area contributed by atoms with Crippen LogP contribution in [0, 0.1) is 0 Å². The average molecular weight is 313 g/mol. The van der Waals surface area contributed by atoms with Crippen LogP contribution in [0.25, 0.3) is 43.7 Å². The van der Waals surface area contributed by atoms with Crippen molar-refractivity contribution in [2.45, 2.75) is 19.8 Å². The fraction of sp³-hybridized carbons (Fsp3) is 0.182. The van der Waals surface area contributed by atoms with E-state index in [1.165, 1.54) is 38.1 Å². The van der Waals surface area contributed by atoms with Crippen molar-refractivity contribution in [1.82, 2.24) is 4.57 Å². The summed E-state index contributed by atoms with van der Waals surface area (Å²) in [4.78, 5) is 0. The second-order valence-corrected chi connectivity index (χ2v) is 6.89. The van der Waals surface area contributed by atoms with Gasteiger partial charge in [0.2, 0.25) is 0 Å². The SMILES string of the molecule is CC(C)c1cccc2c3ccc4oc5ccccc5c4c3n(C)c12. The predicted molar refractivity (Wildman–Crippen MR) is 102 cm³/mol. The molecule has 2 nitrogen and oxygen atoms in total. The van der Waals surface area contributed by atoms with Gasteiger partial charge in [-0.3, -0.25) is 0 Å². The van der Waals surface area contributed by atoms with Crippen LogP contribution in [0.15, 0.2) is 59.0 Å². The van der Waals surface area contributed by atoms with E-state index >= 15 is 0 Å². The number of hydrogen-bond donors (Lipinski definition) is 0. The Morgan fingerprint density at radius 3 is 2.33 bits per heavy atom. The van der Waals surface area contributed by atoms with Crippen LogP contribution in [0.1, 0.15) is 25.3 Å². The fourth-order valence-electron chi connectivity index (χ4n) is 4.10. The summed E-state index contributed by atoms with van der Waals surface area (Å²) < 4.78 is 8.43. The molecule has 0 aliphatic heterocycles. The normalized spacial score (nSPS) is 12.3. The highest BCUT2D eigenvalue weighted by Gasteiger charge is 2.18. The minimum Gasteiger partial charge on any atom is -0.456 e. The first-order valence-electron chi connectivity index (χ1n) is 8.48. The highest BCUT2D eigenvalue weighted by Crippen LogP contribution is 2.40. The van der Waals surface area contributed by atoms with E-state index in [-0.39, 0.29) is 0 Å². The summed E-state index contributed by atoms with van der Waals surface area (Å²) in [5, 5.41) is 5.03. The van der Waals surface area contributed by atoms with E-state index in [4.69, 9.17) is 4.42 Å². The third-order valence-electron chi connectivity index (χ3n) is 5.17. The Bertz CT molecular complexity index is 1240. The maximum atomic E-state index is 6.08. The maximum absolute atomic E-state index is 6.08. The van der Waals surface area contributed by atoms with Crippen molar-refractivity contribution in [2.24, 2.45) is 7.05 Å². The first-order valence-corrected chi connectivity index (χ1v) is 8.48. The molecule has 3 aromatic carbocycles. The number of hydrogen-bond acceptors (Lipinski definition) is 1. The molecule has 24 heavy (non-hydrogen) atoms. The van der Waals surface area contributed by atoms with Crippen LogP contribution in [0.3, 0.4) is 0 Å². The Labute approximate surface area is 140 Å². The van der Waals surface area contributed by atoms with Crippen LogP contribution in [-0.2, 0) is 7.05 Å². The zero-order valence-electron chi connectivity index (χ0n) is 14.1. The zero-order chi connectivity index (χ0) is 16.4. The van der Waals surface area contributed by atoms with E-state index < -0.39 is 0 Å². The lowest BCUT2D eigenvalue weighted by Gasteiger charge is -2.09. The minimum atomic E-state index is 0.494. The molecule has 0 fully saturated rings. The van der Waals surface area contributed by atoms with E-state index in [2.05, 4.69) is 67.9 Å². The summed E-state index contributed by atoms with van der Waals surface area (Å²) in [5.74, 6) is 0.494. The predicted octanol–water partition coefficient (Wildman–Crippen LogP) is 6.35. The molecule has 0 amide bonds. The summed E-state index contributed by atoms with van der Waals surface area (Å²) in [6.07, 6.45) is 0. The molecule has 2 heterocycles. The first kappa shape index (κ1) is 13.7. The molecule has 0 unspecified atom stereocenters. The van der Waals surface area contributed by atoms with E-state index in [0.717, 1.165) is 11.2 Å². The van der Waals surface area contributed by atoms with Gasteiger partial charge in [0, 0.05) is 23.2 Å². The highest BCUT2D eigenvalue weighted by atomic mass is 16.3. The van der Waals surface area contributed by atoms with Gasteiger partial charge in [0.05, 0.1) is 16.4 Å². The first-order chi connectivity index (χ1) is 11.7. The molecular formula is C22H19NO. The Hall–Kier alpha value is -2.74. The average Bonchev–Trinajstić information content (AvgIpc) is 3.10. The molecule has 0 bridgehead atoms. The molecule has 5 aromatic rings. The Morgan fingerprint density at radius 2 is 1.50 bits per heavy atom. The summed E-state index contributed by atoms with van der Waals surface area (Å²) >= 11 is 0. The van der Waals surface area contributed by atoms with Gasteiger partial charge in [0.25, 0.3) is 0 Å². The van der Waals surface area contributed by atoms with Crippen molar-refractivity contribution in [1.29, 1.82) is 0 Å². The van der Waals surface area contributed by atoms with Gasteiger partial charge >= 0.3 is 0 Å². The molecular weight excluding hydrogens is 294 g/mol. The van der Waals surface area contributed by atoms with Crippen molar-refractivity contribution in [2.75, 3.05) is 0 Å². The molecule has 118 valence electrons. The van der Waals surface area contributed by atoms with Gasteiger partial charge in [-0.1, -0.05) is 50.2 Å².